The smallest absolute Gasteiger partial charge is 0.254 e. The van der Waals surface area contributed by atoms with E-state index in [0.717, 1.165) is 29.4 Å². The van der Waals surface area contributed by atoms with Crippen LogP contribution in [0.4, 0.5) is 11.5 Å². The van der Waals surface area contributed by atoms with Crippen LogP contribution in [-0.2, 0) is 6.42 Å². The number of methoxy groups -OCH3 is 2. The molecule has 114 valence electrons. The van der Waals surface area contributed by atoms with Gasteiger partial charge in [0.15, 0.2) is 0 Å². The molecule has 22 heavy (non-hydrogen) atoms. The highest BCUT2D eigenvalue weighted by Crippen LogP contribution is 2.31. The van der Waals surface area contributed by atoms with E-state index in [1.54, 1.807) is 18.7 Å². The highest BCUT2D eigenvalue weighted by molar-refractivity contribution is 5.67. The predicted octanol–water partition coefficient (Wildman–Crippen LogP) is 2.45. The van der Waals surface area contributed by atoms with Gasteiger partial charge in [-0.2, -0.15) is 14.6 Å². The van der Waals surface area contributed by atoms with Crippen molar-refractivity contribution in [2.45, 2.75) is 13.3 Å². The van der Waals surface area contributed by atoms with E-state index in [1.165, 1.54) is 6.33 Å². The van der Waals surface area contributed by atoms with Crippen LogP contribution in [0, 0.1) is 0 Å². The molecule has 0 atom stereocenters. The van der Waals surface area contributed by atoms with Crippen molar-refractivity contribution >= 4 is 17.3 Å². The number of fused-ring (bicyclic) bond motifs is 1. The molecule has 0 radical (unpaired) electrons. The third-order valence-corrected chi connectivity index (χ3v) is 3.34. The Morgan fingerprint density at radius 3 is 2.77 bits per heavy atom. The predicted molar refractivity (Wildman–Crippen MR) is 83.0 cm³/mol. The average Bonchev–Trinajstić information content (AvgIpc) is 3.03. The number of aromatic nitrogens is 4. The highest BCUT2D eigenvalue weighted by atomic mass is 16.5. The topological polar surface area (TPSA) is 73.6 Å². The number of benzene rings is 1. The van der Waals surface area contributed by atoms with Crippen molar-refractivity contribution in [2.24, 2.45) is 0 Å². The molecule has 0 aliphatic heterocycles. The number of nitrogens with one attached hydrogen (secondary N) is 1. The first-order valence-corrected chi connectivity index (χ1v) is 6.94. The van der Waals surface area contributed by atoms with E-state index in [2.05, 4.69) is 20.4 Å². The van der Waals surface area contributed by atoms with Crippen LogP contribution in [0.2, 0.25) is 0 Å². The number of hydrogen-bond donors (Lipinski definition) is 1. The lowest BCUT2D eigenvalue weighted by atomic mass is 10.2. The number of rotatable bonds is 5. The summed E-state index contributed by atoms with van der Waals surface area (Å²) in [5.41, 5.74) is 1.75. The van der Waals surface area contributed by atoms with Crippen LogP contribution in [0.3, 0.4) is 0 Å². The Labute approximate surface area is 127 Å². The van der Waals surface area contributed by atoms with Crippen molar-refractivity contribution < 1.29 is 9.47 Å². The second-order valence-corrected chi connectivity index (χ2v) is 4.65. The molecule has 7 heteroatoms. The summed E-state index contributed by atoms with van der Waals surface area (Å²) in [7, 11) is 3.24. The van der Waals surface area contributed by atoms with Crippen molar-refractivity contribution in [2.75, 3.05) is 19.5 Å². The summed E-state index contributed by atoms with van der Waals surface area (Å²) >= 11 is 0. The van der Waals surface area contributed by atoms with Gasteiger partial charge < -0.3 is 14.8 Å². The first kappa shape index (κ1) is 14.1. The van der Waals surface area contributed by atoms with Gasteiger partial charge in [-0.05, 0) is 18.6 Å². The van der Waals surface area contributed by atoms with E-state index in [-0.39, 0.29) is 0 Å². The van der Waals surface area contributed by atoms with E-state index in [9.17, 15) is 0 Å². The summed E-state index contributed by atoms with van der Waals surface area (Å²) in [5, 5.41) is 7.51. The minimum Gasteiger partial charge on any atom is -0.497 e. The largest absolute Gasteiger partial charge is 0.497 e. The van der Waals surface area contributed by atoms with Gasteiger partial charge in [0, 0.05) is 17.8 Å². The Balaban J connectivity index is 2.04. The van der Waals surface area contributed by atoms with Crippen LogP contribution in [0.15, 0.2) is 30.6 Å². The molecule has 7 nitrogen and oxygen atoms in total. The maximum Gasteiger partial charge on any atom is 0.254 e. The molecule has 1 aromatic carbocycles. The molecule has 0 bridgehead atoms. The molecule has 0 unspecified atom stereocenters. The summed E-state index contributed by atoms with van der Waals surface area (Å²) in [6.07, 6.45) is 2.30. The molecule has 1 N–H and O–H groups in total. The lowest BCUT2D eigenvalue weighted by Gasteiger charge is -2.13. The van der Waals surface area contributed by atoms with Gasteiger partial charge in [0.05, 0.1) is 19.9 Å². The fraction of sp³-hybridized carbons (Fsp3) is 0.267. The van der Waals surface area contributed by atoms with E-state index in [1.807, 2.05) is 31.2 Å². The molecule has 0 saturated heterocycles. The minimum absolute atomic E-state index is 0.564. The zero-order valence-electron chi connectivity index (χ0n) is 12.7. The number of hydrogen-bond acceptors (Lipinski definition) is 6. The quantitative estimate of drug-likeness (QED) is 0.780. The fourth-order valence-electron chi connectivity index (χ4n) is 2.17. The Bertz CT molecular complexity index is 800. The lowest BCUT2D eigenvalue weighted by molar-refractivity contribution is 0.395. The van der Waals surface area contributed by atoms with Crippen molar-refractivity contribution in [3.8, 4) is 11.5 Å². The molecule has 0 aliphatic rings. The molecule has 3 rings (SSSR count). The van der Waals surface area contributed by atoms with E-state index >= 15 is 0 Å². The van der Waals surface area contributed by atoms with E-state index in [0.29, 0.717) is 11.5 Å². The fourth-order valence-corrected chi connectivity index (χ4v) is 2.17. The summed E-state index contributed by atoms with van der Waals surface area (Å²) in [4.78, 5) is 8.57. The molecule has 2 heterocycles. The average molecular weight is 299 g/mol. The number of nitrogens with zero attached hydrogens (tertiary/aromatic N) is 4. The van der Waals surface area contributed by atoms with Crippen LogP contribution in [0.1, 0.15) is 12.6 Å². The van der Waals surface area contributed by atoms with E-state index < -0.39 is 0 Å². The summed E-state index contributed by atoms with van der Waals surface area (Å²) in [6, 6.07) is 7.53. The maximum atomic E-state index is 5.41. The summed E-state index contributed by atoms with van der Waals surface area (Å²) < 4.78 is 12.3. The van der Waals surface area contributed by atoms with Gasteiger partial charge in [-0.3, -0.25) is 0 Å². The monoisotopic (exact) mass is 299 g/mol. The lowest BCUT2D eigenvalue weighted by Crippen LogP contribution is -2.04. The third-order valence-electron chi connectivity index (χ3n) is 3.34. The van der Waals surface area contributed by atoms with Crippen molar-refractivity contribution in [1.82, 2.24) is 19.6 Å². The Hall–Kier alpha value is -2.83. The number of aryl methyl sites for hydroxylation is 1. The van der Waals surface area contributed by atoms with Crippen LogP contribution in [0.5, 0.6) is 11.5 Å². The van der Waals surface area contributed by atoms with Crippen LogP contribution in [-0.4, -0.2) is 33.8 Å². The molecule has 3 aromatic rings. The number of anilines is 2. The molecule has 2 aromatic heterocycles. The number of ether oxygens (including phenoxy) is 2. The van der Waals surface area contributed by atoms with Crippen molar-refractivity contribution in [1.29, 1.82) is 0 Å². The second kappa shape index (κ2) is 5.88. The highest BCUT2D eigenvalue weighted by Gasteiger charge is 2.10. The maximum absolute atomic E-state index is 5.41. The Morgan fingerprint density at radius 1 is 1.18 bits per heavy atom. The van der Waals surface area contributed by atoms with Gasteiger partial charge in [-0.15, -0.1) is 0 Å². The van der Waals surface area contributed by atoms with Crippen LogP contribution in [0.25, 0.3) is 5.78 Å². The third kappa shape index (κ3) is 2.52. The minimum atomic E-state index is 0.564. The molecule has 0 amide bonds. The van der Waals surface area contributed by atoms with Gasteiger partial charge in [0.2, 0.25) is 0 Å². The molecule has 0 fully saturated rings. The Kier molecular flexibility index (Phi) is 3.78. The van der Waals surface area contributed by atoms with Crippen molar-refractivity contribution in [3.63, 3.8) is 0 Å². The summed E-state index contributed by atoms with van der Waals surface area (Å²) in [5.74, 6) is 2.76. The van der Waals surface area contributed by atoms with Crippen LogP contribution >= 0.6 is 0 Å². The standard InChI is InChI=1S/C15H17N5O2/c1-4-10-7-14(20-15(18-10)16-9-17-20)19-12-6-5-11(21-2)8-13(12)22-3/h5-9,19H,4H2,1-3H3. The summed E-state index contributed by atoms with van der Waals surface area (Å²) in [6.45, 7) is 2.05. The molecular weight excluding hydrogens is 282 g/mol. The van der Waals surface area contributed by atoms with Gasteiger partial charge in [-0.25, -0.2) is 4.98 Å². The van der Waals surface area contributed by atoms with Gasteiger partial charge >= 0.3 is 0 Å². The van der Waals surface area contributed by atoms with Crippen LogP contribution < -0.4 is 14.8 Å². The molecular formula is C15H17N5O2. The molecule has 0 spiro atoms. The first-order valence-electron chi connectivity index (χ1n) is 6.94. The zero-order valence-corrected chi connectivity index (χ0v) is 12.7. The Morgan fingerprint density at radius 2 is 2.05 bits per heavy atom. The van der Waals surface area contributed by atoms with E-state index in [4.69, 9.17) is 9.47 Å². The normalized spacial score (nSPS) is 10.7. The molecule has 0 aliphatic carbocycles. The van der Waals surface area contributed by atoms with Gasteiger partial charge in [0.1, 0.15) is 23.6 Å². The van der Waals surface area contributed by atoms with Gasteiger partial charge in [-0.1, -0.05) is 6.92 Å². The zero-order chi connectivity index (χ0) is 15.5. The van der Waals surface area contributed by atoms with Crippen molar-refractivity contribution in [3.05, 3.63) is 36.3 Å². The SMILES string of the molecule is CCc1cc(Nc2ccc(OC)cc2OC)n2ncnc2n1. The first-order chi connectivity index (χ1) is 10.7. The molecule has 0 saturated carbocycles. The van der Waals surface area contributed by atoms with Gasteiger partial charge in [0.25, 0.3) is 5.78 Å². The second-order valence-electron chi connectivity index (χ2n) is 4.65.